The van der Waals surface area contributed by atoms with Crippen LogP contribution in [0.4, 0.5) is 5.69 Å². The van der Waals surface area contributed by atoms with Gasteiger partial charge in [-0.1, -0.05) is 15.9 Å². The fourth-order valence-corrected chi connectivity index (χ4v) is 2.15. The maximum atomic E-state index is 3.58. The molecule has 0 atom stereocenters. The molecule has 0 amide bonds. The number of anilines is 1. The molecule has 17 heavy (non-hydrogen) atoms. The molecule has 0 fully saturated rings. The Morgan fingerprint density at radius 1 is 1.24 bits per heavy atom. The first-order valence-corrected chi connectivity index (χ1v) is 6.48. The molecular weight excluding hydrogens is 276 g/mol. The summed E-state index contributed by atoms with van der Waals surface area (Å²) >= 11 is 3.58. The van der Waals surface area contributed by atoms with Crippen molar-refractivity contribution < 1.29 is 0 Å². The van der Waals surface area contributed by atoms with Crippen LogP contribution in [0.3, 0.4) is 0 Å². The second kappa shape index (κ2) is 4.96. The summed E-state index contributed by atoms with van der Waals surface area (Å²) < 4.78 is 3.33. The molecule has 0 radical (unpaired) electrons. The van der Waals surface area contributed by atoms with Gasteiger partial charge in [0.15, 0.2) is 0 Å². The maximum absolute atomic E-state index is 3.58. The lowest BCUT2D eigenvalue weighted by Crippen LogP contribution is -2.04. The first-order chi connectivity index (χ1) is 8.08. The summed E-state index contributed by atoms with van der Waals surface area (Å²) in [7, 11) is 2.06. The monoisotopic (exact) mass is 292 g/mol. The van der Waals surface area contributed by atoms with Crippen LogP contribution in [0.2, 0.25) is 0 Å². The smallest absolute Gasteiger partial charge is 0.0553 e. The summed E-state index contributed by atoms with van der Waals surface area (Å²) in [6.07, 6.45) is 2.06. The van der Waals surface area contributed by atoms with Gasteiger partial charge in [0.1, 0.15) is 0 Å². The van der Waals surface area contributed by atoms with E-state index in [1.165, 1.54) is 27.0 Å². The number of benzene rings is 1. The summed E-state index contributed by atoms with van der Waals surface area (Å²) in [6, 6.07) is 8.53. The summed E-state index contributed by atoms with van der Waals surface area (Å²) in [6.45, 7) is 5.08. The molecule has 0 aliphatic carbocycles. The zero-order valence-corrected chi connectivity index (χ0v) is 12.0. The van der Waals surface area contributed by atoms with Gasteiger partial charge in [-0.15, -0.1) is 0 Å². The molecule has 0 saturated heterocycles. The van der Waals surface area contributed by atoms with Gasteiger partial charge in [-0.3, -0.25) is 0 Å². The Hall–Kier alpha value is -1.22. The van der Waals surface area contributed by atoms with Gasteiger partial charge in [0, 0.05) is 29.1 Å². The van der Waals surface area contributed by atoms with Crippen LogP contribution in [0.25, 0.3) is 0 Å². The molecule has 0 unspecified atom stereocenters. The molecule has 0 spiro atoms. The highest BCUT2D eigenvalue weighted by Crippen LogP contribution is 2.25. The summed E-state index contributed by atoms with van der Waals surface area (Å²) in [5, 5.41) is 3.46. The van der Waals surface area contributed by atoms with Crippen molar-refractivity contribution in [2.24, 2.45) is 7.05 Å². The van der Waals surface area contributed by atoms with E-state index in [0.29, 0.717) is 0 Å². The first-order valence-electron chi connectivity index (χ1n) is 5.69. The summed E-state index contributed by atoms with van der Waals surface area (Å²) in [4.78, 5) is 0. The van der Waals surface area contributed by atoms with Crippen molar-refractivity contribution in [2.45, 2.75) is 20.4 Å². The molecule has 1 heterocycles. The van der Waals surface area contributed by atoms with E-state index >= 15 is 0 Å². The lowest BCUT2D eigenvalue weighted by molar-refractivity contribution is 0.842. The van der Waals surface area contributed by atoms with E-state index in [2.05, 4.69) is 77.2 Å². The van der Waals surface area contributed by atoms with Gasteiger partial charge in [-0.25, -0.2) is 0 Å². The second-order valence-corrected chi connectivity index (χ2v) is 5.18. The van der Waals surface area contributed by atoms with Gasteiger partial charge in [0.25, 0.3) is 0 Å². The number of hydrogen-bond acceptors (Lipinski definition) is 1. The molecule has 3 heteroatoms. The molecule has 1 aromatic carbocycles. The minimum absolute atomic E-state index is 0.851. The minimum atomic E-state index is 0.851. The van der Waals surface area contributed by atoms with Crippen molar-refractivity contribution in [3.63, 3.8) is 0 Å². The minimum Gasteiger partial charge on any atom is -0.379 e. The van der Waals surface area contributed by atoms with Crippen LogP contribution in [-0.2, 0) is 13.6 Å². The highest BCUT2D eigenvalue weighted by atomic mass is 79.9. The largest absolute Gasteiger partial charge is 0.379 e. The number of rotatable bonds is 3. The van der Waals surface area contributed by atoms with Crippen LogP contribution in [0.5, 0.6) is 0 Å². The second-order valence-electron chi connectivity index (χ2n) is 4.39. The Bertz CT molecular complexity index is 506. The van der Waals surface area contributed by atoms with E-state index < -0.39 is 0 Å². The van der Waals surface area contributed by atoms with Gasteiger partial charge < -0.3 is 9.88 Å². The SMILES string of the molecule is Cc1cc(NCc2cccn2C)cc(C)c1Br. The molecule has 1 aromatic heterocycles. The normalized spacial score (nSPS) is 10.6. The Morgan fingerprint density at radius 2 is 1.88 bits per heavy atom. The van der Waals surface area contributed by atoms with Crippen molar-refractivity contribution in [2.75, 3.05) is 5.32 Å². The van der Waals surface area contributed by atoms with Crippen LogP contribution in [0.1, 0.15) is 16.8 Å². The molecule has 2 aromatic rings. The van der Waals surface area contributed by atoms with Crippen LogP contribution in [0.15, 0.2) is 34.9 Å². The molecule has 0 bridgehead atoms. The van der Waals surface area contributed by atoms with Crippen molar-refractivity contribution in [1.29, 1.82) is 0 Å². The fraction of sp³-hybridized carbons (Fsp3) is 0.286. The lowest BCUT2D eigenvalue weighted by Gasteiger charge is -2.11. The molecule has 0 aliphatic heterocycles. The zero-order valence-electron chi connectivity index (χ0n) is 10.4. The van der Waals surface area contributed by atoms with Gasteiger partial charge in [0.2, 0.25) is 0 Å². The van der Waals surface area contributed by atoms with E-state index in [1.54, 1.807) is 0 Å². The third-order valence-electron chi connectivity index (χ3n) is 2.96. The predicted molar refractivity (Wildman–Crippen MR) is 76.4 cm³/mol. The topological polar surface area (TPSA) is 17.0 Å². The van der Waals surface area contributed by atoms with Crippen molar-refractivity contribution in [3.05, 3.63) is 51.8 Å². The molecule has 0 saturated carbocycles. The summed E-state index contributed by atoms with van der Waals surface area (Å²) in [5.41, 5.74) is 4.98. The third kappa shape index (κ3) is 2.72. The fourth-order valence-electron chi connectivity index (χ4n) is 1.92. The molecule has 1 N–H and O–H groups in total. The number of halogens is 1. The number of aryl methyl sites for hydroxylation is 3. The molecule has 2 nitrogen and oxygen atoms in total. The standard InChI is InChI=1S/C14H17BrN2/c1-10-7-12(8-11(2)14(10)15)16-9-13-5-4-6-17(13)3/h4-8,16H,9H2,1-3H3. The number of aromatic nitrogens is 1. The van der Waals surface area contributed by atoms with E-state index in [0.717, 1.165) is 6.54 Å². The van der Waals surface area contributed by atoms with E-state index in [4.69, 9.17) is 0 Å². The van der Waals surface area contributed by atoms with E-state index in [1.807, 2.05) is 0 Å². The van der Waals surface area contributed by atoms with Crippen molar-refractivity contribution in [1.82, 2.24) is 4.57 Å². The van der Waals surface area contributed by atoms with Gasteiger partial charge in [0.05, 0.1) is 6.54 Å². The maximum Gasteiger partial charge on any atom is 0.0553 e. The van der Waals surface area contributed by atoms with Gasteiger partial charge in [-0.05, 0) is 49.2 Å². The average molecular weight is 293 g/mol. The van der Waals surface area contributed by atoms with E-state index in [9.17, 15) is 0 Å². The Kier molecular flexibility index (Phi) is 3.57. The number of nitrogens with one attached hydrogen (secondary N) is 1. The van der Waals surface area contributed by atoms with Crippen molar-refractivity contribution in [3.8, 4) is 0 Å². The number of nitrogens with zero attached hydrogens (tertiary/aromatic N) is 1. The predicted octanol–water partition coefficient (Wildman–Crippen LogP) is 4.02. The Labute approximate surface area is 111 Å². The van der Waals surface area contributed by atoms with Gasteiger partial charge in [-0.2, -0.15) is 0 Å². The van der Waals surface area contributed by atoms with Crippen LogP contribution in [-0.4, -0.2) is 4.57 Å². The first kappa shape index (κ1) is 12.2. The van der Waals surface area contributed by atoms with Crippen molar-refractivity contribution >= 4 is 21.6 Å². The van der Waals surface area contributed by atoms with Crippen LogP contribution >= 0.6 is 15.9 Å². The third-order valence-corrected chi connectivity index (χ3v) is 4.21. The summed E-state index contributed by atoms with van der Waals surface area (Å²) in [5.74, 6) is 0. The Balaban J connectivity index is 2.12. The number of hydrogen-bond donors (Lipinski definition) is 1. The molecule has 0 aliphatic rings. The average Bonchev–Trinajstić information content (AvgIpc) is 2.69. The van der Waals surface area contributed by atoms with Crippen LogP contribution in [0, 0.1) is 13.8 Å². The van der Waals surface area contributed by atoms with Gasteiger partial charge >= 0.3 is 0 Å². The Morgan fingerprint density at radius 3 is 2.41 bits per heavy atom. The quantitative estimate of drug-likeness (QED) is 0.904. The highest BCUT2D eigenvalue weighted by molar-refractivity contribution is 9.10. The van der Waals surface area contributed by atoms with Crippen LogP contribution < -0.4 is 5.32 Å². The molecule has 90 valence electrons. The zero-order chi connectivity index (χ0) is 12.4. The molecule has 2 rings (SSSR count). The van der Waals surface area contributed by atoms with E-state index in [-0.39, 0.29) is 0 Å². The lowest BCUT2D eigenvalue weighted by atomic mass is 10.1. The highest BCUT2D eigenvalue weighted by Gasteiger charge is 2.03. The molecular formula is C14H17BrN2.